The number of imidazole rings is 1. The van der Waals surface area contributed by atoms with Gasteiger partial charge in [0, 0.05) is 32.5 Å². The minimum atomic E-state index is -0.224. The van der Waals surface area contributed by atoms with Crippen LogP contribution < -0.4 is 5.01 Å². The van der Waals surface area contributed by atoms with Crippen LogP contribution in [0.3, 0.4) is 0 Å². The first-order chi connectivity index (χ1) is 8.04. The molecule has 0 amide bonds. The SMILES string of the molecule is CN(C)n1c(CCCl)nc2cc(I)c(F)cc21. The second-order valence-corrected chi connectivity index (χ2v) is 5.42. The number of rotatable bonds is 3. The van der Waals surface area contributed by atoms with Crippen LogP contribution in [0, 0.1) is 9.39 Å². The van der Waals surface area contributed by atoms with Gasteiger partial charge in [-0.1, -0.05) is 0 Å². The Kier molecular flexibility index (Phi) is 3.77. The van der Waals surface area contributed by atoms with E-state index in [1.165, 1.54) is 6.07 Å². The van der Waals surface area contributed by atoms with Gasteiger partial charge >= 0.3 is 0 Å². The van der Waals surface area contributed by atoms with Gasteiger partial charge in [0.2, 0.25) is 0 Å². The van der Waals surface area contributed by atoms with Crippen molar-refractivity contribution in [3.8, 4) is 0 Å². The Hall–Kier alpha value is -0.560. The third-order valence-electron chi connectivity index (χ3n) is 2.46. The summed E-state index contributed by atoms with van der Waals surface area (Å²) in [6.45, 7) is 0. The summed E-state index contributed by atoms with van der Waals surface area (Å²) < 4.78 is 16.1. The molecule has 0 fully saturated rings. The van der Waals surface area contributed by atoms with E-state index in [0.717, 1.165) is 16.9 Å². The first kappa shape index (κ1) is 12.9. The molecular formula is C11H12ClFIN3. The molecule has 6 heteroatoms. The topological polar surface area (TPSA) is 21.1 Å². The molecule has 1 heterocycles. The van der Waals surface area contributed by atoms with Crippen molar-refractivity contribution in [2.75, 3.05) is 25.0 Å². The second kappa shape index (κ2) is 4.97. The molecule has 0 unspecified atom stereocenters. The molecule has 0 aliphatic rings. The highest BCUT2D eigenvalue weighted by Crippen LogP contribution is 2.22. The number of aromatic nitrogens is 2. The zero-order chi connectivity index (χ0) is 12.6. The number of fused-ring (bicyclic) bond motifs is 1. The third-order valence-corrected chi connectivity index (χ3v) is 3.47. The van der Waals surface area contributed by atoms with E-state index in [-0.39, 0.29) is 5.82 Å². The third kappa shape index (κ3) is 2.35. The van der Waals surface area contributed by atoms with Gasteiger partial charge in [-0.15, -0.1) is 11.6 Å². The first-order valence-corrected chi connectivity index (χ1v) is 6.76. The fourth-order valence-corrected chi connectivity index (χ4v) is 2.42. The van der Waals surface area contributed by atoms with Gasteiger partial charge in [0.25, 0.3) is 0 Å². The smallest absolute Gasteiger partial charge is 0.138 e. The summed E-state index contributed by atoms with van der Waals surface area (Å²) in [6.07, 6.45) is 0.659. The highest BCUT2D eigenvalue weighted by molar-refractivity contribution is 14.1. The summed E-state index contributed by atoms with van der Waals surface area (Å²) in [4.78, 5) is 4.49. The van der Waals surface area contributed by atoms with Crippen molar-refractivity contribution in [3.05, 3.63) is 27.3 Å². The maximum Gasteiger partial charge on any atom is 0.138 e. The minimum Gasteiger partial charge on any atom is -0.317 e. The Morgan fingerprint density at radius 2 is 2.18 bits per heavy atom. The van der Waals surface area contributed by atoms with Crippen LogP contribution in [0.4, 0.5) is 4.39 Å². The Morgan fingerprint density at radius 1 is 1.47 bits per heavy atom. The highest BCUT2D eigenvalue weighted by atomic mass is 127. The molecule has 2 rings (SSSR count). The van der Waals surface area contributed by atoms with Gasteiger partial charge in [-0.3, -0.25) is 0 Å². The van der Waals surface area contributed by atoms with Crippen LogP contribution >= 0.6 is 34.2 Å². The Bertz CT molecular complexity index is 553. The predicted molar refractivity (Wildman–Crippen MR) is 76.9 cm³/mol. The number of benzene rings is 1. The van der Waals surface area contributed by atoms with Crippen LogP contribution in [0.5, 0.6) is 0 Å². The van der Waals surface area contributed by atoms with Crippen LogP contribution in [-0.4, -0.2) is 29.6 Å². The van der Waals surface area contributed by atoms with Crippen LogP contribution in [0.25, 0.3) is 11.0 Å². The van der Waals surface area contributed by atoms with E-state index in [9.17, 15) is 4.39 Å². The maximum absolute atomic E-state index is 13.6. The molecule has 0 aliphatic heterocycles. The number of nitrogens with zero attached hydrogens (tertiary/aromatic N) is 3. The average Bonchev–Trinajstić information content (AvgIpc) is 2.57. The quantitative estimate of drug-likeness (QED) is 0.614. The van der Waals surface area contributed by atoms with Gasteiger partial charge in [0.1, 0.15) is 11.6 Å². The Balaban J connectivity index is 2.71. The number of halogens is 3. The maximum atomic E-state index is 13.6. The van der Waals surface area contributed by atoms with E-state index in [2.05, 4.69) is 4.98 Å². The molecule has 0 aliphatic carbocycles. The first-order valence-electron chi connectivity index (χ1n) is 5.14. The normalized spacial score (nSPS) is 11.1. The lowest BCUT2D eigenvalue weighted by atomic mass is 10.3. The fraction of sp³-hybridized carbons (Fsp3) is 0.364. The molecule has 0 radical (unpaired) electrons. The summed E-state index contributed by atoms with van der Waals surface area (Å²) >= 11 is 7.72. The van der Waals surface area contributed by atoms with Crippen molar-refractivity contribution >= 4 is 45.2 Å². The van der Waals surface area contributed by atoms with E-state index in [1.807, 2.05) is 46.4 Å². The second-order valence-electron chi connectivity index (χ2n) is 3.88. The Morgan fingerprint density at radius 3 is 2.76 bits per heavy atom. The molecule has 0 atom stereocenters. The Labute approximate surface area is 118 Å². The molecule has 0 bridgehead atoms. The van der Waals surface area contributed by atoms with Gasteiger partial charge in [0.05, 0.1) is 14.6 Å². The monoisotopic (exact) mass is 367 g/mol. The predicted octanol–water partition coefficient (Wildman–Crippen LogP) is 2.76. The number of alkyl halides is 1. The van der Waals surface area contributed by atoms with E-state index in [0.29, 0.717) is 15.9 Å². The van der Waals surface area contributed by atoms with Gasteiger partial charge in [0.15, 0.2) is 0 Å². The molecular weight excluding hydrogens is 355 g/mol. The van der Waals surface area contributed by atoms with Crippen LogP contribution in [0.2, 0.25) is 0 Å². The molecule has 1 aromatic heterocycles. The molecule has 92 valence electrons. The number of hydrogen-bond acceptors (Lipinski definition) is 2. The van der Waals surface area contributed by atoms with Crippen molar-refractivity contribution in [1.82, 2.24) is 9.66 Å². The summed E-state index contributed by atoms with van der Waals surface area (Å²) in [7, 11) is 3.80. The zero-order valence-electron chi connectivity index (χ0n) is 9.54. The minimum absolute atomic E-state index is 0.224. The van der Waals surface area contributed by atoms with E-state index < -0.39 is 0 Å². The number of aryl methyl sites for hydroxylation is 1. The molecule has 3 nitrogen and oxygen atoms in total. The molecule has 0 saturated heterocycles. The summed E-state index contributed by atoms with van der Waals surface area (Å²) in [5, 5.41) is 1.88. The molecule has 1 aromatic carbocycles. The lowest BCUT2D eigenvalue weighted by molar-refractivity contribution is 0.620. The van der Waals surface area contributed by atoms with E-state index in [1.54, 1.807) is 6.07 Å². The van der Waals surface area contributed by atoms with Crippen LogP contribution in [-0.2, 0) is 6.42 Å². The standard InChI is InChI=1S/C11H12ClFIN3/c1-16(2)17-10-5-7(13)8(14)6-9(10)15-11(17)3-4-12/h5-6H,3-4H2,1-2H3. The largest absolute Gasteiger partial charge is 0.317 e. The van der Waals surface area contributed by atoms with Crippen LogP contribution in [0.1, 0.15) is 5.82 Å². The lowest BCUT2D eigenvalue weighted by Gasteiger charge is -2.17. The molecule has 0 saturated carbocycles. The van der Waals surface area contributed by atoms with Crippen molar-refractivity contribution in [2.45, 2.75) is 6.42 Å². The molecule has 0 spiro atoms. The average molecular weight is 368 g/mol. The zero-order valence-corrected chi connectivity index (χ0v) is 12.5. The number of hydrogen-bond donors (Lipinski definition) is 0. The van der Waals surface area contributed by atoms with Crippen molar-refractivity contribution in [2.24, 2.45) is 0 Å². The molecule has 0 N–H and O–H groups in total. The summed E-state index contributed by atoms with van der Waals surface area (Å²) in [5.41, 5.74) is 1.57. The fourth-order valence-electron chi connectivity index (χ4n) is 1.80. The van der Waals surface area contributed by atoms with Crippen molar-refractivity contribution in [3.63, 3.8) is 0 Å². The van der Waals surface area contributed by atoms with E-state index in [4.69, 9.17) is 11.6 Å². The van der Waals surface area contributed by atoms with Gasteiger partial charge in [-0.25, -0.2) is 14.1 Å². The van der Waals surface area contributed by atoms with Crippen molar-refractivity contribution < 1.29 is 4.39 Å². The van der Waals surface area contributed by atoms with Crippen molar-refractivity contribution in [1.29, 1.82) is 0 Å². The van der Waals surface area contributed by atoms with Crippen LogP contribution in [0.15, 0.2) is 12.1 Å². The molecule has 17 heavy (non-hydrogen) atoms. The van der Waals surface area contributed by atoms with Gasteiger partial charge in [-0.2, -0.15) is 0 Å². The summed E-state index contributed by atoms with van der Waals surface area (Å²) in [5.74, 6) is 1.12. The summed E-state index contributed by atoms with van der Waals surface area (Å²) in [6, 6.07) is 3.27. The lowest BCUT2D eigenvalue weighted by Crippen LogP contribution is -2.27. The van der Waals surface area contributed by atoms with Gasteiger partial charge in [-0.05, 0) is 28.7 Å². The van der Waals surface area contributed by atoms with E-state index >= 15 is 0 Å². The van der Waals surface area contributed by atoms with Gasteiger partial charge < -0.3 is 5.01 Å². The highest BCUT2D eigenvalue weighted by Gasteiger charge is 2.14. The molecule has 2 aromatic rings.